The van der Waals surface area contributed by atoms with Gasteiger partial charge in [-0.25, -0.2) is 9.48 Å². The number of amides is 2. The van der Waals surface area contributed by atoms with Crippen LogP contribution in [-0.2, 0) is 13.2 Å². The van der Waals surface area contributed by atoms with Crippen LogP contribution in [0.1, 0.15) is 11.3 Å². The third-order valence-electron chi connectivity index (χ3n) is 3.08. The van der Waals surface area contributed by atoms with Crippen LogP contribution >= 0.6 is 0 Å². The molecule has 0 saturated carbocycles. The van der Waals surface area contributed by atoms with Crippen LogP contribution in [0.4, 0.5) is 29.3 Å². The minimum Gasteiger partial charge on any atom is -0.480 e. The van der Waals surface area contributed by atoms with Gasteiger partial charge in [0.25, 0.3) is 0 Å². The molecule has 1 heterocycles. The third kappa shape index (κ3) is 3.55. The van der Waals surface area contributed by atoms with Gasteiger partial charge in [-0.05, 0) is 19.1 Å². The first-order chi connectivity index (χ1) is 10.7. The van der Waals surface area contributed by atoms with E-state index in [1.807, 2.05) is 0 Å². The molecule has 0 aliphatic heterocycles. The largest absolute Gasteiger partial charge is 0.480 e. The van der Waals surface area contributed by atoms with Gasteiger partial charge in [-0.2, -0.15) is 18.3 Å². The van der Waals surface area contributed by atoms with E-state index in [9.17, 15) is 18.0 Å². The Hall–Kier alpha value is -2.71. The predicted octanol–water partition coefficient (Wildman–Crippen LogP) is 3.40. The number of benzene rings is 1. The van der Waals surface area contributed by atoms with E-state index in [0.29, 0.717) is 11.6 Å². The van der Waals surface area contributed by atoms with E-state index < -0.39 is 17.8 Å². The van der Waals surface area contributed by atoms with E-state index in [0.717, 1.165) is 6.07 Å². The summed E-state index contributed by atoms with van der Waals surface area (Å²) in [6, 6.07) is 3.90. The van der Waals surface area contributed by atoms with Gasteiger partial charge in [0.1, 0.15) is 5.69 Å². The zero-order valence-electron chi connectivity index (χ0n) is 12.7. The van der Waals surface area contributed by atoms with Gasteiger partial charge in [-0.15, -0.1) is 0 Å². The summed E-state index contributed by atoms with van der Waals surface area (Å²) in [5.74, 6) is 0.293. The summed E-state index contributed by atoms with van der Waals surface area (Å²) in [4.78, 5) is 12.0. The number of alkyl halides is 3. The highest BCUT2D eigenvalue weighted by atomic mass is 19.4. The summed E-state index contributed by atoms with van der Waals surface area (Å²) in [6.07, 6.45) is -4.56. The molecule has 0 atom stereocenters. The maximum absolute atomic E-state index is 12.9. The number of carbonyl (C=O) groups is 1. The molecule has 0 aliphatic rings. The number of rotatable bonds is 3. The summed E-state index contributed by atoms with van der Waals surface area (Å²) in [5.41, 5.74) is -0.497. The number of carbonyl (C=O) groups excluding carboxylic acids is 1. The first kappa shape index (κ1) is 16.7. The molecular formula is C14H15F3N4O2. The fraction of sp³-hybridized carbons (Fsp3) is 0.286. The highest BCUT2D eigenvalue weighted by Gasteiger charge is 2.33. The SMILES string of the molecule is COc1c(NC(=O)Nc2ccccc2C(F)(F)F)c(C)nn1C. The van der Waals surface area contributed by atoms with Crippen molar-refractivity contribution in [2.24, 2.45) is 7.05 Å². The molecule has 2 rings (SSSR count). The lowest BCUT2D eigenvalue weighted by Gasteiger charge is -2.14. The Balaban J connectivity index is 2.22. The van der Waals surface area contributed by atoms with Gasteiger partial charge in [0.15, 0.2) is 0 Å². The molecule has 1 aromatic carbocycles. The predicted molar refractivity (Wildman–Crippen MR) is 78.6 cm³/mol. The summed E-state index contributed by atoms with van der Waals surface area (Å²) >= 11 is 0. The van der Waals surface area contributed by atoms with Crippen LogP contribution in [0, 0.1) is 6.92 Å². The van der Waals surface area contributed by atoms with E-state index in [4.69, 9.17) is 4.74 Å². The number of aryl methyl sites for hydroxylation is 2. The number of halogens is 3. The molecule has 0 saturated heterocycles. The van der Waals surface area contributed by atoms with Crippen molar-refractivity contribution in [1.29, 1.82) is 0 Å². The zero-order valence-corrected chi connectivity index (χ0v) is 12.7. The molecule has 6 nitrogen and oxygen atoms in total. The van der Waals surface area contributed by atoms with E-state index in [1.54, 1.807) is 14.0 Å². The molecule has 0 bridgehead atoms. The van der Waals surface area contributed by atoms with Crippen molar-refractivity contribution in [1.82, 2.24) is 9.78 Å². The molecule has 0 unspecified atom stereocenters. The van der Waals surface area contributed by atoms with Crippen molar-refractivity contribution in [3.8, 4) is 5.88 Å². The van der Waals surface area contributed by atoms with Gasteiger partial charge in [0, 0.05) is 7.05 Å². The molecule has 0 spiro atoms. The minimum absolute atomic E-state index is 0.289. The molecule has 23 heavy (non-hydrogen) atoms. The van der Waals surface area contributed by atoms with Crippen molar-refractivity contribution in [2.45, 2.75) is 13.1 Å². The smallest absolute Gasteiger partial charge is 0.418 e. The maximum Gasteiger partial charge on any atom is 0.418 e. The molecule has 9 heteroatoms. The van der Waals surface area contributed by atoms with Crippen LogP contribution in [-0.4, -0.2) is 22.9 Å². The molecule has 124 valence electrons. The van der Waals surface area contributed by atoms with Gasteiger partial charge in [-0.1, -0.05) is 12.1 Å². The molecule has 2 amide bonds. The quantitative estimate of drug-likeness (QED) is 0.907. The van der Waals surface area contributed by atoms with Gasteiger partial charge >= 0.3 is 12.2 Å². The van der Waals surface area contributed by atoms with E-state index in [-0.39, 0.29) is 11.4 Å². The number of para-hydroxylation sites is 1. The number of nitrogens with one attached hydrogen (secondary N) is 2. The number of nitrogens with zero attached hydrogens (tertiary/aromatic N) is 2. The lowest BCUT2D eigenvalue weighted by Crippen LogP contribution is -2.22. The molecule has 0 radical (unpaired) electrons. The second-order valence-electron chi connectivity index (χ2n) is 4.72. The molecule has 1 aromatic heterocycles. The normalized spacial score (nSPS) is 11.2. The van der Waals surface area contributed by atoms with Crippen LogP contribution in [0.3, 0.4) is 0 Å². The van der Waals surface area contributed by atoms with Gasteiger partial charge in [0.2, 0.25) is 5.88 Å². The number of aromatic nitrogens is 2. The highest BCUT2D eigenvalue weighted by molar-refractivity contribution is 6.01. The number of anilines is 2. The van der Waals surface area contributed by atoms with Crippen LogP contribution in [0.15, 0.2) is 24.3 Å². The third-order valence-corrected chi connectivity index (χ3v) is 3.08. The van der Waals surface area contributed by atoms with Gasteiger partial charge < -0.3 is 15.4 Å². The monoisotopic (exact) mass is 328 g/mol. The Morgan fingerprint density at radius 2 is 1.91 bits per heavy atom. The Morgan fingerprint density at radius 3 is 2.52 bits per heavy atom. The van der Waals surface area contributed by atoms with Crippen LogP contribution in [0.5, 0.6) is 5.88 Å². The first-order valence-corrected chi connectivity index (χ1v) is 6.56. The average Bonchev–Trinajstić information content (AvgIpc) is 2.72. The number of hydrogen-bond donors (Lipinski definition) is 2. The Labute approximate surface area is 130 Å². The lowest BCUT2D eigenvalue weighted by molar-refractivity contribution is -0.136. The number of urea groups is 1. The van der Waals surface area contributed by atoms with Gasteiger partial charge in [-0.3, -0.25) is 0 Å². The Bertz CT molecular complexity index is 725. The summed E-state index contributed by atoms with van der Waals surface area (Å²) in [6.45, 7) is 1.64. The van der Waals surface area contributed by atoms with Crippen molar-refractivity contribution in [3.63, 3.8) is 0 Å². The molecule has 2 aromatic rings. The second kappa shape index (κ2) is 6.19. The Morgan fingerprint density at radius 1 is 1.26 bits per heavy atom. The summed E-state index contributed by atoms with van der Waals surface area (Å²) < 4.78 is 45.2. The maximum atomic E-state index is 12.9. The van der Waals surface area contributed by atoms with Crippen molar-refractivity contribution >= 4 is 17.4 Å². The fourth-order valence-electron chi connectivity index (χ4n) is 2.12. The second-order valence-corrected chi connectivity index (χ2v) is 4.72. The van der Waals surface area contributed by atoms with E-state index in [2.05, 4.69) is 15.7 Å². The van der Waals surface area contributed by atoms with E-state index >= 15 is 0 Å². The molecule has 2 N–H and O–H groups in total. The molecule has 0 aliphatic carbocycles. The van der Waals surface area contributed by atoms with Crippen LogP contribution < -0.4 is 15.4 Å². The van der Waals surface area contributed by atoms with Crippen LogP contribution in [0.25, 0.3) is 0 Å². The van der Waals surface area contributed by atoms with Crippen molar-refractivity contribution in [3.05, 3.63) is 35.5 Å². The fourth-order valence-corrected chi connectivity index (χ4v) is 2.12. The number of hydrogen-bond acceptors (Lipinski definition) is 3. The van der Waals surface area contributed by atoms with Crippen LogP contribution in [0.2, 0.25) is 0 Å². The average molecular weight is 328 g/mol. The molecule has 0 fully saturated rings. The first-order valence-electron chi connectivity index (χ1n) is 6.56. The zero-order chi connectivity index (χ0) is 17.2. The van der Waals surface area contributed by atoms with Crippen molar-refractivity contribution < 1.29 is 22.7 Å². The topological polar surface area (TPSA) is 68.2 Å². The Kier molecular flexibility index (Phi) is 4.48. The molecular weight excluding hydrogens is 313 g/mol. The lowest BCUT2D eigenvalue weighted by atomic mass is 10.1. The summed E-state index contributed by atoms with van der Waals surface area (Å²) in [5, 5.41) is 8.71. The standard InChI is InChI=1S/C14H15F3N4O2/c1-8-11(12(23-3)21(2)20-8)19-13(22)18-10-7-5-4-6-9(10)14(15,16)17/h4-7H,1-3H3,(H2,18,19,22). The highest BCUT2D eigenvalue weighted by Crippen LogP contribution is 2.34. The number of ether oxygens (including phenoxy) is 1. The van der Waals surface area contributed by atoms with Crippen molar-refractivity contribution in [2.75, 3.05) is 17.7 Å². The minimum atomic E-state index is -4.56. The number of methoxy groups -OCH3 is 1. The van der Waals surface area contributed by atoms with E-state index in [1.165, 1.54) is 30.0 Å². The summed E-state index contributed by atoms with van der Waals surface area (Å²) in [7, 11) is 3.02. The van der Waals surface area contributed by atoms with Gasteiger partial charge in [0.05, 0.1) is 24.1 Å².